The van der Waals surface area contributed by atoms with E-state index in [0.29, 0.717) is 12.0 Å². The van der Waals surface area contributed by atoms with Gasteiger partial charge in [-0.25, -0.2) is 4.79 Å². The van der Waals surface area contributed by atoms with Crippen LogP contribution in [-0.4, -0.2) is 63.6 Å². The van der Waals surface area contributed by atoms with Crippen LogP contribution in [0.15, 0.2) is 54.7 Å². The van der Waals surface area contributed by atoms with Crippen molar-refractivity contribution in [3.05, 3.63) is 65.9 Å². The van der Waals surface area contributed by atoms with E-state index in [4.69, 9.17) is 5.73 Å². The second-order valence-corrected chi connectivity index (χ2v) is 9.53. The summed E-state index contributed by atoms with van der Waals surface area (Å²) in [6.07, 6.45) is 2.41. The fraction of sp³-hybridized carbons (Fsp3) is 0.357. The number of hydrogen-bond donors (Lipinski definition) is 7. The molecule has 1 heterocycles. The van der Waals surface area contributed by atoms with E-state index < -0.39 is 41.8 Å². The van der Waals surface area contributed by atoms with Gasteiger partial charge >= 0.3 is 5.97 Å². The zero-order valence-corrected chi connectivity index (χ0v) is 21.9. The molecule has 4 atom stereocenters. The molecule has 39 heavy (non-hydrogen) atoms. The van der Waals surface area contributed by atoms with E-state index in [1.807, 2.05) is 31.2 Å². The second-order valence-electron chi connectivity index (χ2n) is 9.53. The van der Waals surface area contributed by atoms with E-state index in [-0.39, 0.29) is 31.1 Å². The Morgan fingerprint density at radius 1 is 0.923 bits per heavy atom. The Morgan fingerprint density at radius 3 is 2.21 bits per heavy atom. The standard InChI is InChI=1S/C28H35N5O6/c1-3-16(2)25(28(38)39)33-27(37)23(13-18-15-30-21-7-5-4-6-20(18)21)32-26(36)22(31-24(35)14-29)12-17-8-10-19(34)11-9-17/h4-11,15-16,22-23,25,30,34H,3,12-14,29H2,1-2H3,(H,31,35)(H,32,36)(H,33,37)(H,38,39). The number of aromatic nitrogens is 1. The number of phenols is 1. The molecule has 1 aromatic heterocycles. The van der Waals surface area contributed by atoms with Gasteiger partial charge in [0.05, 0.1) is 6.54 Å². The molecule has 0 saturated heterocycles. The molecule has 3 amide bonds. The zero-order valence-electron chi connectivity index (χ0n) is 21.9. The van der Waals surface area contributed by atoms with E-state index in [2.05, 4.69) is 20.9 Å². The number of aromatic hydroxyl groups is 1. The molecule has 0 radical (unpaired) electrons. The minimum Gasteiger partial charge on any atom is -0.508 e. The topological polar surface area (TPSA) is 187 Å². The fourth-order valence-electron chi connectivity index (χ4n) is 4.27. The number of carboxylic acids is 1. The van der Waals surface area contributed by atoms with Crippen molar-refractivity contribution in [1.29, 1.82) is 0 Å². The van der Waals surface area contributed by atoms with Gasteiger partial charge in [0.1, 0.15) is 23.9 Å². The van der Waals surface area contributed by atoms with Crippen molar-refractivity contribution in [3.8, 4) is 5.75 Å². The largest absolute Gasteiger partial charge is 0.508 e. The van der Waals surface area contributed by atoms with Gasteiger partial charge in [-0.15, -0.1) is 0 Å². The van der Waals surface area contributed by atoms with Crippen molar-refractivity contribution in [3.63, 3.8) is 0 Å². The first-order valence-corrected chi connectivity index (χ1v) is 12.8. The third kappa shape index (κ3) is 7.81. The molecule has 8 N–H and O–H groups in total. The van der Waals surface area contributed by atoms with Crippen LogP contribution in [0.5, 0.6) is 5.75 Å². The minimum absolute atomic E-state index is 0.0514. The highest BCUT2D eigenvalue weighted by atomic mass is 16.4. The molecule has 2 aromatic carbocycles. The summed E-state index contributed by atoms with van der Waals surface area (Å²) in [5, 5.41) is 28.0. The number of phenolic OH excluding ortho intramolecular Hbond substituents is 1. The summed E-state index contributed by atoms with van der Waals surface area (Å²) in [4.78, 5) is 54.0. The number of nitrogens with two attached hydrogens (primary N) is 1. The number of amides is 3. The van der Waals surface area contributed by atoms with Crippen LogP contribution in [0.25, 0.3) is 10.9 Å². The summed E-state index contributed by atoms with van der Waals surface area (Å²) in [5.41, 5.74) is 7.71. The normalized spacial score (nSPS) is 14.1. The van der Waals surface area contributed by atoms with Gasteiger partial charge in [-0.05, 0) is 35.2 Å². The molecule has 0 fully saturated rings. The van der Waals surface area contributed by atoms with Crippen molar-refractivity contribution < 1.29 is 29.4 Å². The smallest absolute Gasteiger partial charge is 0.326 e. The number of aliphatic carboxylic acids is 1. The van der Waals surface area contributed by atoms with Gasteiger partial charge < -0.3 is 36.9 Å². The van der Waals surface area contributed by atoms with Crippen LogP contribution in [0.1, 0.15) is 31.4 Å². The predicted octanol–water partition coefficient (Wildman–Crippen LogP) is 1.20. The third-order valence-electron chi connectivity index (χ3n) is 6.72. The van der Waals surface area contributed by atoms with E-state index in [0.717, 1.165) is 16.5 Å². The van der Waals surface area contributed by atoms with Gasteiger partial charge in [0, 0.05) is 29.9 Å². The van der Waals surface area contributed by atoms with Crippen LogP contribution < -0.4 is 21.7 Å². The number of fused-ring (bicyclic) bond motifs is 1. The first-order chi connectivity index (χ1) is 18.6. The van der Waals surface area contributed by atoms with Gasteiger partial charge in [-0.2, -0.15) is 0 Å². The lowest BCUT2D eigenvalue weighted by Gasteiger charge is -2.26. The lowest BCUT2D eigenvalue weighted by atomic mass is 9.97. The molecule has 0 aliphatic heterocycles. The third-order valence-corrected chi connectivity index (χ3v) is 6.72. The maximum absolute atomic E-state index is 13.5. The molecule has 11 heteroatoms. The predicted molar refractivity (Wildman–Crippen MR) is 146 cm³/mol. The van der Waals surface area contributed by atoms with E-state index in [1.165, 1.54) is 12.1 Å². The molecule has 0 saturated carbocycles. The minimum atomic E-state index is -1.17. The summed E-state index contributed by atoms with van der Waals surface area (Å²) in [6, 6.07) is 10.3. The Hall–Kier alpha value is -4.38. The molecule has 208 valence electrons. The van der Waals surface area contributed by atoms with Crippen LogP contribution in [0.2, 0.25) is 0 Å². The number of carbonyl (C=O) groups is 4. The Kier molecular flexibility index (Phi) is 10.0. The van der Waals surface area contributed by atoms with Gasteiger partial charge in [0.25, 0.3) is 0 Å². The van der Waals surface area contributed by atoms with Gasteiger partial charge in [-0.1, -0.05) is 50.6 Å². The lowest BCUT2D eigenvalue weighted by molar-refractivity contribution is -0.143. The Labute approximate surface area is 226 Å². The summed E-state index contributed by atoms with van der Waals surface area (Å²) >= 11 is 0. The van der Waals surface area contributed by atoms with Crippen LogP contribution in [0.4, 0.5) is 0 Å². The Morgan fingerprint density at radius 2 is 1.56 bits per heavy atom. The molecular formula is C28H35N5O6. The number of carbonyl (C=O) groups excluding carboxylic acids is 3. The number of aromatic amines is 1. The number of para-hydroxylation sites is 1. The lowest BCUT2D eigenvalue weighted by Crippen LogP contribution is -2.58. The highest BCUT2D eigenvalue weighted by Crippen LogP contribution is 2.20. The second kappa shape index (κ2) is 13.4. The highest BCUT2D eigenvalue weighted by Gasteiger charge is 2.32. The Balaban J connectivity index is 1.89. The van der Waals surface area contributed by atoms with Gasteiger partial charge in [0.2, 0.25) is 17.7 Å². The molecule has 0 bridgehead atoms. The fourth-order valence-corrected chi connectivity index (χ4v) is 4.27. The highest BCUT2D eigenvalue weighted by molar-refractivity contribution is 5.94. The van der Waals surface area contributed by atoms with Crippen LogP contribution in [0.3, 0.4) is 0 Å². The van der Waals surface area contributed by atoms with Crippen molar-refractivity contribution in [2.24, 2.45) is 11.7 Å². The molecule has 0 aliphatic rings. The molecule has 3 rings (SSSR count). The van der Waals surface area contributed by atoms with E-state index in [9.17, 15) is 29.4 Å². The van der Waals surface area contributed by atoms with E-state index in [1.54, 1.807) is 25.3 Å². The number of nitrogens with one attached hydrogen (secondary N) is 4. The average Bonchev–Trinajstić information content (AvgIpc) is 3.33. The molecule has 3 aromatic rings. The van der Waals surface area contributed by atoms with Crippen molar-refractivity contribution >= 4 is 34.6 Å². The van der Waals surface area contributed by atoms with Crippen molar-refractivity contribution in [2.45, 2.75) is 51.2 Å². The monoisotopic (exact) mass is 537 g/mol. The molecule has 0 aliphatic carbocycles. The maximum Gasteiger partial charge on any atom is 0.326 e. The van der Waals surface area contributed by atoms with Gasteiger partial charge in [-0.3, -0.25) is 14.4 Å². The molecular weight excluding hydrogens is 502 g/mol. The first kappa shape index (κ1) is 29.2. The molecule has 11 nitrogen and oxygen atoms in total. The number of carboxylic acid groups (broad SMARTS) is 1. The summed E-state index contributed by atoms with van der Waals surface area (Å²) < 4.78 is 0. The van der Waals surface area contributed by atoms with Gasteiger partial charge in [0.15, 0.2) is 0 Å². The summed E-state index contributed by atoms with van der Waals surface area (Å²) in [5.74, 6) is -3.32. The van der Waals surface area contributed by atoms with Crippen LogP contribution in [0, 0.1) is 5.92 Å². The number of H-pyrrole nitrogens is 1. The molecule has 4 unspecified atom stereocenters. The Bertz CT molecular complexity index is 1310. The SMILES string of the molecule is CCC(C)C(NC(=O)C(Cc1c[nH]c2ccccc12)NC(=O)C(Cc1ccc(O)cc1)NC(=O)CN)C(=O)O. The first-order valence-electron chi connectivity index (χ1n) is 12.8. The number of hydrogen-bond acceptors (Lipinski definition) is 6. The van der Waals surface area contributed by atoms with Crippen molar-refractivity contribution in [1.82, 2.24) is 20.9 Å². The van der Waals surface area contributed by atoms with E-state index >= 15 is 0 Å². The zero-order chi connectivity index (χ0) is 28.5. The van der Waals surface area contributed by atoms with Crippen molar-refractivity contribution in [2.75, 3.05) is 6.54 Å². The molecule has 0 spiro atoms. The maximum atomic E-state index is 13.5. The van der Waals surface area contributed by atoms with Crippen LogP contribution >= 0.6 is 0 Å². The summed E-state index contributed by atoms with van der Waals surface area (Å²) in [6.45, 7) is 3.21. The van der Waals surface area contributed by atoms with Crippen LogP contribution in [-0.2, 0) is 32.0 Å². The average molecular weight is 538 g/mol. The number of rotatable bonds is 13. The summed E-state index contributed by atoms with van der Waals surface area (Å²) in [7, 11) is 0. The quantitative estimate of drug-likeness (QED) is 0.171. The number of benzene rings is 2.